The Kier molecular flexibility index (Phi) is 3.31. The number of aromatic nitrogens is 2. The first-order valence-electron chi connectivity index (χ1n) is 7.24. The Balaban J connectivity index is 1.50. The van der Waals surface area contributed by atoms with Crippen molar-refractivity contribution in [1.82, 2.24) is 14.9 Å². The molecule has 3 heterocycles. The maximum atomic E-state index is 12.4. The molecule has 0 aliphatic heterocycles. The highest BCUT2D eigenvalue weighted by Gasteiger charge is 2.32. The number of aryl methyl sites for hydroxylation is 1. The summed E-state index contributed by atoms with van der Waals surface area (Å²) >= 11 is 1.67. The van der Waals surface area contributed by atoms with E-state index in [1.807, 2.05) is 41.2 Å². The largest absolute Gasteiger partial charge is 0.467 e. The fourth-order valence-electron chi connectivity index (χ4n) is 2.75. The van der Waals surface area contributed by atoms with Crippen LogP contribution in [0.3, 0.4) is 0 Å². The highest BCUT2D eigenvalue weighted by Crippen LogP contribution is 2.37. The predicted molar refractivity (Wildman–Crippen MR) is 83.1 cm³/mol. The van der Waals surface area contributed by atoms with E-state index in [9.17, 15) is 4.79 Å². The van der Waals surface area contributed by atoms with Crippen LogP contribution in [-0.4, -0.2) is 15.5 Å². The normalized spacial score (nSPS) is 16.6. The van der Waals surface area contributed by atoms with Crippen LogP contribution in [0.2, 0.25) is 0 Å². The van der Waals surface area contributed by atoms with Gasteiger partial charge in [0.25, 0.3) is 0 Å². The van der Waals surface area contributed by atoms with Crippen LogP contribution in [0.15, 0.2) is 47.3 Å². The third-order valence-electron chi connectivity index (χ3n) is 3.87. The number of carbonyl (C=O) groups is 1. The lowest BCUT2D eigenvalue weighted by Gasteiger charge is -2.09. The van der Waals surface area contributed by atoms with Crippen LogP contribution in [0, 0.1) is 0 Å². The van der Waals surface area contributed by atoms with Crippen LogP contribution in [0.4, 0.5) is 0 Å². The molecule has 112 valence electrons. The smallest absolute Gasteiger partial charge is 0.229 e. The van der Waals surface area contributed by atoms with Crippen LogP contribution in [0.5, 0.6) is 0 Å². The van der Waals surface area contributed by atoms with E-state index in [0.717, 1.165) is 29.4 Å². The number of nitrogens with one attached hydrogen (secondary N) is 1. The number of rotatable bonds is 4. The van der Waals surface area contributed by atoms with Crippen LogP contribution in [0.25, 0.3) is 5.13 Å². The van der Waals surface area contributed by atoms with Crippen molar-refractivity contribution in [2.45, 2.75) is 25.3 Å². The summed E-state index contributed by atoms with van der Waals surface area (Å²) < 4.78 is 7.22. The quantitative estimate of drug-likeness (QED) is 0.805. The summed E-state index contributed by atoms with van der Waals surface area (Å²) in [5.41, 5.74) is 0.936. The van der Waals surface area contributed by atoms with Gasteiger partial charge in [0.2, 0.25) is 5.91 Å². The molecule has 1 atom stereocenters. The summed E-state index contributed by atoms with van der Waals surface area (Å²) in [5.74, 6) is 0.642. The number of nitrogens with zero attached hydrogens (tertiary/aromatic N) is 2. The van der Waals surface area contributed by atoms with Crippen LogP contribution < -0.4 is 5.32 Å². The lowest BCUT2D eigenvalue weighted by Crippen LogP contribution is -2.28. The molecule has 4 rings (SSSR count). The second-order valence-electron chi connectivity index (χ2n) is 5.28. The van der Waals surface area contributed by atoms with E-state index in [0.29, 0.717) is 6.54 Å². The van der Waals surface area contributed by atoms with Crippen molar-refractivity contribution in [2.75, 3.05) is 0 Å². The van der Waals surface area contributed by atoms with Crippen molar-refractivity contribution in [1.29, 1.82) is 0 Å². The summed E-state index contributed by atoms with van der Waals surface area (Å²) in [6.45, 7) is 0.423. The zero-order valence-electron chi connectivity index (χ0n) is 11.9. The van der Waals surface area contributed by atoms with Gasteiger partial charge >= 0.3 is 0 Å². The molecular formula is C16H15N3O2S. The van der Waals surface area contributed by atoms with Gasteiger partial charge in [-0.15, -0.1) is 11.3 Å². The van der Waals surface area contributed by atoms with E-state index in [-0.39, 0.29) is 11.8 Å². The van der Waals surface area contributed by atoms with Crippen molar-refractivity contribution in [3.05, 3.63) is 59.3 Å². The number of thiazole rings is 1. The Hall–Kier alpha value is -2.34. The number of carbonyl (C=O) groups excluding carboxylic acids is 1. The molecule has 0 aromatic carbocycles. The van der Waals surface area contributed by atoms with Gasteiger partial charge in [-0.3, -0.25) is 4.79 Å². The average Bonchev–Trinajstić information content (AvgIpc) is 3.27. The monoisotopic (exact) mass is 313 g/mol. The summed E-state index contributed by atoms with van der Waals surface area (Å²) in [7, 11) is 0. The molecule has 0 saturated carbocycles. The molecule has 0 spiro atoms. The van der Waals surface area contributed by atoms with Crippen molar-refractivity contribution in [3.8, 4) is 5.13 Å². The zero-order valence-corrected chi connectivity index (χ0v) is 12.7. The highest BCUT2D eigenvalue weighted by atomic mass is 32.1. The minimum atomic E-state index is -0.148. The molecule has 0 radical (unpaired) electrons. The van der Waals surface area contributed by atoms with Crippen molar-refractivity contribution in [2.24, 2.45) is 0 Å². The second kappa shape index (κ2) is 5.46. The molecule has 0 fully saturated rings. The van der Waals surface area contributed by atoms with Gasteiger partial charge in [0, 0.05) is 17.3 Å². The topological polar surface area (TPSA) is 60.1 Å². The lowest BCUT2D eigenvalue weighted by atomic mass is 10.1. The lowest BCUT2D eigenvalue weighted by molar-refractivity contribution is -0.122. The fourth-order valence-corrected chi connectivity index (χ4v) is 3.86. The third-order valence-corrected chi connectivity index (χ3v) is 5.01. The SMILES string of the molecule is O=C(NCc1ccco1)[C@H]1CCc2sc(-n3cccc3)nc21. The van der Waals surface area contributed by atoms with E-state index in [1.54, 1.807) is 17.6 Å². The minimum Gasteiger partial charge on any atom is -0.467 e. The van der Waals surface area contributed by atoms with E-state index in [1.165, 1.54) is 4.88 Å². The Bertz CT molecular complexity index is 775. The van der Waals surface area contributed by atoms with E-state index in [4.69, 9.17) is 4.42 Å². The number of fused-ring (bicyclic) bond motifs is 1. The summed E-state index contributed by atoms with van der Waals surface area (Å²) in [6, 6.07) is 7.62. The van der Waals surface area contributed by atoms with E-state index in [2.05, 4.69) is 10.3 Å². The first-order chi connectivity index (χ1) is 10.8. The Morgan fingerprint density at radius 1 is 1.41 bits per heavy atom. The van der Waals surface area contributed by atoms with Gasteiger partial charge in [-0.2, -0.15) is 0 Å². The van der Waals surface area contributed by atoms with E-state index >= 15 is 0 Å². The molecule has 6 heteroatoms. The molecule has 22 heavy (non-hydrogen) atoms. The van der Waals surface area contributed by atoms with Gasteiger partial charge in [0.1, 0.15) is 5.76 Å². The third kappa shape index (κ3) is 2.35. The maximum absolute atomic E-state index is 12.4. The van der Waals surface area contributed by atoms with Gasteiger partial charge in [0.15, 0.2) is 5.13 Å². The Morgan fingerprint density at radius 3 is 3.05 bits per heavy atom. The molecule has 0 saturated heterocycles. The number of hydrogen-bond donors (Lipinski definition) is 1. The zero-order chi connectivity index (χ0) is 14.9. The molecule has 3 aromatic heterocycles. The molecule has 0 unspecified atom stereocenters. The summed E-state index contributed by atoms with van der Waals surface area (Å²) in [5, 5.41) is 3.87. The standard InChI is InChI=1S/C16H15N3O2S/c20-15(17-10-11-4-3-9-21-11)12-5-6-13-14(12)18-16(22-13)19-7-1-2-8-19/h1-4,7-9,12H,5-6,10H2,(H,17,20)/t12-/m0/s1. The van der Waals surface area contributed by atoms with Gasteiger partial charge in [-0.1, -0.05) is 0 Å². The summed E-state index contributed by atoms with van der Waals surface area (Å²) in [4.78, 5) is 18.3. The number of hydrogen-bond acceptors (Lipinski definition) is 4. The molecule has 5 nitrogen and oxygen atoms in total. The first-order valence-corrected chi connectivity index (χ1v) is 8.06. The van der Waals surface area contributed by atoms with Gasteiger partial charge in [-0.25, -0.2) is 4.98 Å². The first kappa shape index (κ1) is 13.3. The number of amides is 1. The van der Waals surface area contributed by atoms with Crippen LogP contribution in [-0.2, 0) is 17.8 Å². The van der Waals surface area contributed by atoms with Crippen molar-refractivity contribution in [3.63, 3.8) is 0 Å². The highest BCUT2D eigenvalue weighted by molar-refractivity contribution is 7.14. The molecule has 1 amide bonds. The fraction of sp³-hybridized carbons (Fsp3) is 0.250. The van der Waals surface area contributed by atoms with Crippen LogP contribution >= 0.6 is 11.3 Å². The molecule has 1 aliphatic carbocycles. The van der Waals surface area contributed by atoms with Gasteiger partial charge < -0.3 is 14.3 Å². The Morgan fingerprint density at radius 2 is 2.27 bits per heavy atom. The average molecular weight is 313 g/mol. The molecular weight excluding hydrogens is 298 g/mol. The van der Waals surface area contributed by atoms with Crippen molar-refractivity contribution >= 4 is 17.2 Å². The second-order valence-corrected chi connectivity index (χ2v) is 6.35. The van der Waals surface area contributed by atoms with Crippen LogP contribution in [0.1, 0.15) is 28.7 Å². The van der Waals surface area contributed by atoms with Gasteiger partial charge in [-0.05, 0) is 37.1 Å². The predicted octanol–water partition coefficient (Wildman–Crippen LogP) is 2.87. The molecule has 3 aromatic rings. The molecule has 1 aliphatic rings. The minimum absolute atomic E-state index is 0.0273. The molecule has 0 bridgehead atoms. The maximum Gasteiger partial charge on any atom is 0.229 e. The number of furan rings is 1. The van der Waals surface area contributed by atoms with Gasteiger partial charge in [0.05, 0.1) is 24.4 Å². The molecule has 1 N–H and O–H groups in total. The Labute approximate surface area is 131 Å². The van der Waals surface area contributed by atoms with Crippen molar-refractivity contribution < 1.29 is 9.21 Å². The summed E-state index contributed by atoms with van der Waals surface area (Å²) in [6.07, 6.45) is 7.32. The van der Waals surface area contributed by atoms with E-state index < -0.39 is 0 Å².